The molecule has 0 fully saturated rings. The molecule has 1 amide bonds. The monoisotopic (exact) mass is 378 g/mol. The molecule has 0 radical (unpaired) electrons. The Morgan fingerprint density at radius 2 is 2.00 bits per heavy atom. The van der Waals surface area contributed by atoms with Crippen LogP contribution in [0.15, 0.2) is 47.5 Å². The second-order valence-electron chi connectivity index (χ2n) is 5.47. The largest absolute Gasteiger partial charge is 0.286 e. The van der Waals surface area contributed by atoms with Gasteiger partial charge in [-0.1, -0.05) is 59.2 Å². The van der Waals surface area contributed by atoms with Gasteiger partial charge in [0.05, 0.1) is 16.6 Å². The van der Waals surface area contributed by atoms with Gasteiger partial charge in [0, 0.05) is 17.9 Å². The van der Waals surface area contributed by atoms with Gasteiger partial charge in [0.2, 0.25) is 0 Å². The number of hydrogen-bond donors (Lipinski definition) is 0. The Labute approximate surface area is 155 Å². The fourth-order valence-electron chi connectivity index (χ4n) is 2.47. The summed E-state index contributed by atoms with van der Waals surface area (Å²) in [5.41, 5.74) is 2.75. The molecule has 0 aromatic heterocycles. The van der Waals surface area contributed by atoms with Gasteiger partial charge in [0.1, 0.15) is 0 Å². The zero-order valence-corrected chi connectivity index (χ0v) is 15.5. The number of benzene rings is 2. The molecule has 0 saturated carbocycles. The molecule has 0 N–H and O–H groups in total. The predicted molar refractivity (Wildman–Crippen MR) is 102 cm³/mol. The van der Waals surface area contributed by atoms with E-state index >= 15 is 0 Å². The molecule has 124 valence electrons. The molecule has 0 aliphatic carbocycles. The molecule has 0 spiro atoms. The molecule has 0 saturated heterocycles. The number of amides is 1. The number of carbonyl (C=O) groups excluding carboxylic acids is 1. The highest BCUT2D eigenvalue weighted by Gasteiger charge is 2.25. The minimum absolute atomic E-state index is 0.00554. The van der Waals surface area contributed by atoms with Gasteiger partial charge >= 0.3 is 0 Å². The zero-order valence-electron chi connectivity index (χ0n) is 13.1. The lowest BCUT2D eigenvalue weighted by molar-refractivity contribution is 0.0860. The number of hydrogen-bond acceptors (Lipinski definition) is 3. The predicted octanol–water partition coefficient (Wildman–Crippen LogP) is 5.05. The Kier molecular flexibility index (Phi) is 5.49. The Morgan fingerprint density at radius 3 is 2.75 bits per heavy atom. The SMILES string of the molecule is Cc1ccccc1C(=O)N1CCN=C1SCc1ccc(Cl)c(Cl)c1. The van der Waals surface area contributed by atoms with Gasteiger partial charge in [0.25, 0.3) is 5.91 Å². The summed E-state index contributed by atoms with van der Waals surface area (Å²) in [6.45, 7) is 3.21. The summed E-state index contributed by atoms with van der Waals surface area (Å²) in [6.07, 6.45) is 0. The van der Waals surface area contributed by atoms with E-state index in [1.54, 1.807) is 22.7 Å². The number of halogens is 2. The minimum atomic E-state index is 0.00554. The molecular formula is C18H16Cl2N2OS. The van der Waals surface area contributed by atoms with Crippen LogP contribution in [0.2, 0.25) is 10.0 Å². The van der Waals surface area contributed by atoms with Crippen LogP contribution < -0.4 is 0 Å². The van der Waals surface area contributed by atoms with Crippen LogP contribution in [0.4, 0.5) is 0 Å². The first-order valence-corrected chi connectivity index (χ1v) is 9.29. The van der Waals surface area contributed by atoms with Gasteiger partial charge in [-0.2, -0.15) is 0 Å². The lowest BCUT2D eigenvalue weighted by Crippen LogP contribution is -2.33. The fraction of sp³-hybridized carbons (Fsp3) is 0.222. The van der Waals surface area contributed by atoms with E-state index in [1.165, 1.54) is 0 Å². The third-order valence-corrected chi connectivity index (χ3v) is 5.60. The first kappa shape index (κ1) is 17.3. The van der Waals surface area contributed by atoms with Crippen molar-refractivity contribution in [3.8, 4) is 0 Å². The summed E-state index contributed by atoms with van der Waals surface area (Å²) in [5.74, 6) is 0.693. The van der Waals surface area contributed by atoms with Crippen molar-refractivity contribution >= 4 is 46.0 Å². The van der Waals surface area contributed by atoms with Gasteiger partial charge in [-0.25, -0.2) is 0 Å². The number of amidine groups is 1. The van der Waals surface area contributed by atoms with Gasteiger partial charge < -0.3 is 0 Å². The summed E-state index contributed by atoms with van der Waals surface area (Å²) < 4.78 is 0. The molecule has 1 aliphatic heterocycles. The molecule has 0 atom stereocenters. The molecule has 2 aromatic carbocycles. The first-order valence-electron chi connectivity index (χ1n) is 7.55. The van der Waals surface area contributed by atoms with Crippen molar-refractivity contribution in [2.24, 2.45) is 4.99 Å². The molecule has 1 aliphatic rings. The fourth-order valence-corrected chi connectivity index (χ4v) is 3.78. The van der Waals surface area contributed by atoms with Crippen LogP contribution >= 0.6 is 35.0 Å². The van der Waals surface area contributed by atoms with Gasteiger partial charge in [0.15, 0.2) is 5.17 Å². The molecule has 1 heterocycles. The van der Waals surface area contributed by atoms with Gasteiger partial charge in [-0.15, -0.1) is 0 Å². The summed E-state index contributed by atoms with van der Waals surface area (Å²) in [4.78, 5) is 19.0. The first-order chi connectivity index (χ1) is 11.6. The molecule has 0 unspecified atom stereocenters. The van der Waals surface area contributed by atoms with Crippen LogP contribution in [0.5, 0.6) is 0 Å². The number of carbonyl (C=O) groups is 1. The van der Waals surface area contributed by atoms with Crippen LogP contribution in [0.3, 0.4) is 0 Å². The second kappa shape index (κ2) is 7.60. The van der Waals surface area contributed by atoms with E-state index in [0.717, 1.165) is 21.9 Å². The summed E-state index contributed by atoms with van der Waals surface area (Å²) >= 11 is 13.5. The number of nitrogens with zero attached hydrogens (tertiary/aromatic N) is 2. The van der Waals surface area contributed by atoms with Crippen LogP contribution in [0, 0.1) is 6.92 Å². The average molecular weight is 379 g/mol. The van der Waals surface area contributed by atoms with Crippen LogP contribution in [-0.2, 0) is 5.75 Å². The van der Waals surface area contributed by atoms with E-state index in [1.807, 2.05) is 43.3 Å². The van der Waals surface area contributed by atoms with E-state index < -0.39 is 0 Å². The van der Waals surface area contributed by atoms with Crippen molar-refractivity contribution in [2.45, 2.75) is 12.7 Å². The third-order valence-electron chi connectivity index (χ3n) is 3.77. The van der Waals surface area contributed by atoms with Crippen LogP contribution in [-0.4, -0.2) is 29.1 Å². The Morgan fingerprint density at radius 1 is 1.21 bits per heavy atom. The van der Waals surface area contributed by atoms with Crippen molar-refractivity contribution in [3.63, 3.8) is 0 Å². The van der Waals surface area contributed by atoms with Crippen molar-refractivity contribution in [1.82, 2.24) is 4.90 Å². The third kappa shape index (κ3) is 3.77. The molecule has 3 rings (SSSR count). The highest BCUT2D eigenvalue weighted by molar-refractivity contribution is 8.13. The maximum Gasteiger partial charge on any atom is 0.260 e. The Balaban J connectivity index is 1.70. The zero-order chi connectivity index (χ0) is 17.1. The molecular weight excluding hydrogens is 363 g/mol. The van der Waals surface area contributed by atoms with E-state index in [2.05, 4.69) is 4.99 Å². The smallest absolute Gasteiger partial charge is 0.260 e. The van der Waals surface area contributed by atoms with E-state index in [-0.39, 0.29) is 5.91 Å². The second-order valence-corrected chi connectivity index (χ2v) is 7.23. The molecule has 0 bridgehead atoms. The maximum absolute atomic E-state index is 12.8. The summed E-state index contributed by atoms with van der Waals surface area (Å²) in [6, 6.07) is 13.2. The lowest BCUT2D eigenvalue weighted by atomic mass is 10.1. The average Bonchev–Trinajstić information content (AvgIpc) is 3.04. The topological polar surface area (TPSA) is 32.7 Å². The van der Waals surface area contributed by atoms with Gasteiger partial charge in [-0.05, 0) is 36.2 Å². The summed E-state index contributed by atoms with van der Waals surface area (Å²) in [5, 5.41) is 1.84. The molecule has 3 nitrogen and oxygen atoms in total. The van der Waals surface area contributed by atoms with Crippen molar-refractivity contribution in [3.05, 3.63) is 69.2 Å². The highest BCUT2D eigenvalue weighted by Crippen LogP contribution is 2.27. The number of rotatable bonds is 3. The van der Waals surface area contributed by atoms with Crippen molar-refractivity contribution in [1.29, 1.82) is 0 Å². The lowest BCUT2D eigenvalue weighted by Gasteiger charge is -2.19. The van der Waals surface area contributed by atoms with Crippen LogP contribution in [0.1, 0.15) is 21.5 Å². The summed E-state index contributed by atoms with van der Waals surface area (Å²) in [7, 11) is 0. The number of aliphatic imine (C=N–C) groups is 1. The van der Waals surface area contributed by atoms with Crippen molar-refractivity contribution < 1.29 is 4.79 Å². The van der Waals surface area contributed by atoms with E-state index in [9.17, 15) is 4.79 Å². The van der Waals surface area contributed by atoms with E-state index in [4.69, 9.17) is 23.2 Å². The van der Waals surface area contributed by atoms with Gasteiger partial charge in [-0.3, -0.25) is 14.7 Å². The van der Waals surface area contributed by atoms with Crippen LogP contribution in [0.25, 0.3) is 0 Å². The number of aryl methyl sites for hydroxylation is 1. The normalized spacial score (nSPS) is 14.0. The standard InChI is InChI=1S/C18H16Cl2N2OS/c1-12-4-2-3-5-14(12)17(23)22-9-8-21-18(22)24-11-13-6-7-15(19)16(20)10-13/h2-7,10H,8-9,11H2,1H3. The molecule has 2 aromatic rings. The maximum atomic E-state index is 12.8. The molecule has 6 heteroatoms. The quantitative estimate of drug-likeness (QED) is 0.748. The van der Waals surface area contributed by atoms with Crippen molar-refractivity contribution in [2.75, 3.05) is 13.1 Å². The Bertz CT molecular complexity index is 807. The molecule has 24 heavy (non-hydrogen) atoms. The Hall–Kier alpha value is -1.49. The van der Waals surface area contributed by atoms with E-state index in [0.29, 0.717) is 28.9 Å². The minimum Gasteiger partial charge on any atom is -0.286 e. The highest BCUT2D eigenvalue weighted by atomic mass is 35.5. The number of thioether (sulfide) groups is 1.